The van der Waals surface area contributed by atoms with E-state index in [0.717, 1.165) is 17.7 Å². The average Bonchev–Trinajstić information content (AvgIpc) is 3.15. The lowest BCUT2D eigenvalue weighted by Gasteiger charge is -2.05. The fourth-order valence-corrected chi connectivity index (χ4v) is 3.13. The summed E-state index contributed by atoms with van der Waals surface area (Å²) in [4.78, 5) is 23.3. The summed E-state index contributed by atoms with van der Waals surface area (Å²) in [6, 6.07) is 4.87. The molecule has 1 heterocycles. The highest BCUT2D eigenvalue weighted by atomic mass is 35.5. The van der Waals surface area contributed by atoms with Gasteiger partial charge in [-0.2, -0.15) is 0 Å². The summed E-state index contributed by atoms with van der Waals surface area (Å²) in [5.74, 6) is -1.07. The molecule has 0 atom stereocenters. The number of hydrogen-bond donors (Lipinski definition) is 2. The fourth-order valence-electron chi connectivity index (χ4n) is 1.86. The minimum atomic E-state index is -1.07. The Hall–Kier alpha value is -1.73. The normalized spacial score (nSPS) is 14.4. The number of aromatic amines is 1. The number of nitrogens with zero attached hydrogens (tertiary/aromatic N) is 2. The Morgan fingerprint density at radius 2 is 2.25 bits per heavy atom. The molecular formula is C12H10ClN3O3S. The van der Waals surface area contributed by atoms with Crippen molar-refractivity contribution in [1.29, 1.82) is 0 Å². The van der Waals surface area contributed by atoms with Crippen LogP contribution in [0, 0.1) is 0 Å². The summed E-state index contributed by atoms with van der Waals surface area (Å²) in [5, 5.41) is 16.1. The van der Waals surface area contributed by atoms with Crippen molar-refractivity contribution in [3.05, 3.63) is 39.3 Å². The van der Waals surface area contributed by atoms with Crippen molar-refractivity contribution in [2.75, 3.05) is 0 Å². The monoisotopic (exact) mass is 311 g/mol. The molecule has 0 radical (unpaired) electrons. The summed E-state index contributed by atoms with van der Waals surface area (Å²) in [6.45, 7) is 0. The molecule has 8 heteroatoms. The van der Waals surface area contributed by atoms with Crippen LogP contribution in [0.1, 0.15) is 29.2 Å². The quantitative estimate of drug-likeness (QED) is 0.905. The Morgan fingerprint density at radius 1 is 1.50 bits per heavy atom. The van der Waals surface area contributed by atoms with Gasteiger partial charge in [-0.3, -0.25) is 4.57 Å². The van der Waals surface area contributed by atoms with Gasteiger partial charge in [0.1, 0.15) is 0 Å². The molecule has 3 rings (SSSR count). The van der Waals surface area contributed by atoms with Gasteiger partial charge >= 0.3 is 11.7 Å². The first kappa shape index (κ1) is 13.3. The molecule has 1 aromatic carbocycles. The van der Waals surface area contributed by atoms with Crippen LogP contribution in [-0.4, -0.2) is 25.8 Å². The van der Waals surface area contributed by atoms with Gasteiger partial charge in [0, 0.05) is 10.9 Å². The molecule has 20 heavy (non-hydrogen) atoms. The topological polar surface area (TPSA) is 88.0 Å². The van der Waals surface area contributed by atoms with Crippen LogP contribution in [-0.2, 0) is 0 Å². The van der Waals surface area contributed by atoms with Crippen LogP contribution in [0.2, 0.25) is 5.02 Å². The molecule has 1 aromatic heterocycles. The van der Waals surface area contributed by atoms with Crippen molar-refractivity contribution in [3.8, 4) is 0 Å². The van der Waals surface area contributed by atoms with Crippen LogP contribution >= 0.6 is 23.4 Å². The molecule has 0 unspecified atom stereocenters. The molecule has 1 aliphatic rings. The Labute approximate surface area is 122 Å². The first-order valence-electron chi connectivity index (χ1n) is 5.94. The number of aromatic nitrogens is 3. The summed E-state index contributed by atoms with van der Waals surface area (Å²) >= 11 is 7.20. The predicted molar refractivity (Wildman–Crippen MR) is 73.7 cm³/mol. The molecule has 6 nitrogen and oxygen atoms in total. The van der Waals surface area contributed by atoms with Crippen molar-refractivity contribution >= 4 is 29.3 Å². The fraction of sp³-hybridized carbons (Fsp3) is 0.250. The first-order chi connectivity index (χ1) is 9.56. The van der Waals surface area contributed by atoms with E-state index in [1.54, 1.807) is 16.7 Å². The highest BCUT2D eigenvalue weighted by Crippen LogP contribution is 2.38. The predicted octanol–water partition coefficient (Wildman–Crippen LogP) is 2.41. The van der Waals surface area contributed by atoms with Crippen molar-refractivity contribution in [2.24, 2.45) is 0 Å². The third kappa shape index (κ3) is 2.46. The number of carbonyl (C=O) groups is 1. The number of carboxylic acids is 1. The molecule has 1 saturated carbocycles. The second-order valence-electron chi connectivity index (χ2n) is 4.46. The SMILES string of the molecule is O=C(O)c1ccc(Sc2n[nH]c(=O)n2C2CC2)cc1Cl. The van der Waals surface area contributed by atoms with Crippen LogP contribution in [0.15, 0.2) is 33.0 Å². The Morgan fingerprint density at radius 3 is 2.85 bits per heavy atom. The summed E-state index contributed by atoms with van der Waals surface area (Å²) < 4.78 is 1.63. The molecule has 2 N–H and O–H groups in total. The highest BCUT2D eigenvalue weighted by Gasteiger charge is 2.28. The van der Waals surface area contributed by atoms with Crippen molar-refractivity contribution < 1.29 is 9.90 Å². The van der Waals surface area contributed by atoms with Crippen LogP contribution < -0.4 is 5.69 Å². The van der Waals surface area contributed by atoms with Gasteiger partial charge in [0.05, 0.1) is 10.6 Å². The average molecular weight is 312 g/mol. The molecule has 1 aliphatic carbocycles. The second kappa shape index (κ2) is 4.99. The van der Waals surface area contributed by atoms with Gasteiger partial charge in [-0.05, 0) is 42.8 Å². The molecule has 0 spiro atoms. The minimum absolute atomic E-state index is 0.0534. The smallest absolute Gasteiger partial charge is 0.344 e. The van der Waals surface area contributed by atoms with Gasteiger partial charge in [0.25, 0.3) is 0 Å². The van der Waals surface area contributed by atoms with Crippen LogP contribution in [0.25, 0.3) is 0 Å². The Bertz CT molecular complexity index is 736. The maximum atomic E-state index is 11.6. The van der Waals surface area contributed by atoms with E-state index in [-0.39, 0.29) is 22.3 Å². The number of halogens is 1. The van der Waals surface area contributed by atoms with E-state index in [9.17, 15) is 9.59 Å². The highest BCUT2D eigenvalue weighted by molar-refractivity contribution is 7.99. The number of benzene rings is 1. The number of aromatic carboxylic acids is 1. The lowest BCUT2D eigenvalue weighted by Crippen LogP contribution is -2.15. The summed E-state index contributed by atoms with van der Waals surface area (Å²) in [6.07, 6.45) is 1.96. The van der Waals surface area contributed by atoms with Crippen LogP contribution in [0.4, 0.5) is 0 Å². The number of hydrogen-bond acceptors (Lipinski definition) is 4. The zero-order chi connectivity index (χ0) is 14.3. The number of nitrogens with one attached hydrogen (secondary N) is 1. The molecular weight excluding hydrogens is 302 g/mol. The summed E-state index contributed by atoms with van der Waals surface area (Å²) in [7, 11) is 0. The lowest BCUT2D eigenvalue weighted by molar-refractivity contribution is 0.0697. The Balaban J connectivity index is 1.90. The molecule has 0 aliphatic heterocycles. The molecule has 1 fully saturated rings. The standard InChI is InChI=1S/C12H10ClN3O3S/c13-9-5-7(3-4-8(9)10(17)18)20-12-15-14-11(19)16(12)6-1-2-6/h3-6H,1-2H2,(H,14,19)(H,17,18). The maximum absolute atomic E-state index is 11.6. The van der Waals surface area contributed by atoms with E-state index < -0.39 is 5.97 Å². The molecule has 0 bridgehead atoms. The number of carboxylic acid groups (broad SMARTS) is 1. The maximum Gasteiger partial charge on any atom is 0.344 e. The van der Waals surface area contributed by atoms with Crippen LogP contribution in [0.5, 0.6) is 0 Å². The van der Waals surface area contributed by atoms with Crippen LogP contribution in [0.3, 0.4) is 0 Å². The molecule has 0 saturated heterocycles. The summed E-state index contributed by atoms with van der Waals surface area (Å²) in [5.41, 5.74) is -0.166. The Kier molecular flexibility index (Phi) is 3.31. The van der Waals surface area contributed by atoms with E-state index in [4.69, 9.17) is 16.7 Å². The van der Waals surface area contributed by atoms with Crippen molar-refractivity contribution in [1.82, 2.24) is 14.8 Å². The van der Waals surface area contributed by atoms with E-state index in [1.165, 1.54) is 17.8 Å². The second-order valence-corrected chi connectivity index (χ2v) is 5.91. The number of H-pyrrole nitrogens is 1. The van der Waals surface area contributed by atoms with E-state index in [1.807, 2.05) is 0 Å². The van der Waals surface area contributed by atoms with Gasteiger partial charge in [-0.25, -0.2) is 14.7 Å². The van der Waals surface area contributed by atoms with Gasteiger partial charge < -0.3 is 5.11 Å². The van der Waals surface area contributed by atoms with Gasteiger partial charge in [-0.15, -0.1) is 5.10 Å². The van der Waals surface area contributed by atoms with E-state index >= 15 is 0 Å². The zero-order valence-corrected chi connectivity index (χ0v) is 11.7. The van der Waals surface area contributed by atoms with E-state index in [0.29, 0.717) is 5.16 Å². The molecule has 2 aromatic rings. The van der Waals surface area contributed by atoms with Gasteiger partial charge in [0.15, 0.2) is 5.16 Å². The van der Waals surface area contributed by atoms with E-state index in [2.05, 4.69) is 10.2 Å². The molecule has 104 valence electrons. The third-order valence-electron chi connectivity index (χ3n) is 2.96. The van der Waals surface area contributed by atoms with Crippen molar-refractivity contribution in [2.45, 2.75) is 28.9 Å². The van der Waals surface area contributed by atoms with Crippen molar-refractivity contribution in [3.63, 3.8) is 0 Å². The van der Waals surface area contributed by atoms with Gasteiger partial charge in [-0.1, -0.05) is 11.6 Å². The first-order valence-corrected chi connectivity index (χ1v) is 7.13. The minimum Gasteiger partial charge on any atom is -0.478 e. The lowest BCUT2D eigenvalue weighted by atomic mass is 10.2. The molecule has 0 amide bonds. The zero-order valence-electron chi connectivity index (χ0n) is 10.2. The largest absolute Gasteiger partial charge is 0.478 e. The number of rotatable bonds is 4. The third-order valence-corrected chi connectivity index (χ3v) is 4.24. The van der Waals surface area contributed by atoms with Gasteiger partial charge in [0.2, 0.25) is 0 Å².